The third-order valence-corrected chi connectivity index (χ3v) is 4.69. The second kappa shape index (κ2) is 9.34. The zero-order valence-corrected chi connectivity index (χ0v) is 15.7. The Bertz CT molecular complexity index is 825. The lowest BCUT2D eigenvalue weighted by atomic mass is 9.95. The largest absolute Gasteiger partial charge is 0.489 e. The summed E-state index contributed by atoms with van der Waals surface area (Å²) < 4.78 is 10.4. The van der Waals surface area contributed by atoms with Gasteiger partial charge in [-0.3, -0.25) is 4.79 Å². The molecular weight excluding hydrogens is 360 g/mol. The van der Waals surface area contributed by atoms with Gasteiger partial charge < -0.3 is 25.2 Å². The van der Waals surface area contributed by atoms with Gasteiger partial charge >= 0.3 is 5.97 Å². The number of aliphatic hydroxyl groups excluding tert-OH is 1. The minimum atomic E-state index is -1.06. The van der Waals surface area contributed by atoms with E-state index in [-0.39, 0.29) is 5.91 Å². The predicted octanol–water partition coefficient (Wildman–Crippen LogP) is 0.930. The number of amides is 1. The second-order valence-electron chi connectivity index (χ2n) is 6.61. The smallest absolute Gasteiger partial charge is 0.330 e. The van der Waals surface area contributed by atoms with Crippen LogP contribution in [0.4, 0.5) is 0 Å². The third-order valence-electron chi connectivity index (χ3n) is 4.69. The summed E-state index contributed by atoms with van der Waals surface area (Å²) in [6.45, 7) is 0.496. The summed E-state index contributed by atoms with van der Waals surface area (Å²) in [5.41, 5.74) is 3.21. The molecule has 1 aliphatic rings. The molecule has 3 N–H and O–H groups in total. The molecule has 148 valence electrons. The highest BCUT2D eigenvalue weighted by Gasteiger charge is 2.28. The van der Waals surface area contributed by atoms with Crippen LogP contribution in [0.2, 0.25) is 0 Å². The molecule has 3 rings (SSSR count). The van der Waals surface area contributed by atoms with E-state index < -0.39 is 24.7 Å². The Morgan fingerprint density at radius 1 is 1.21 bits per heavy atom. The summed E-state index contributed by atoms with van der Waals surface area (Å²) in [5, 5.41) is 14.9. The average Bonchev–Trinajstić information content (AvgIpc) is 2.75. The van der Waals surface area contributed by atoms with Crippen molar-refractivity contribution in [1.29, 1.82) is 0 Å². The zero-order chi connectivity index (χ0) is 19.9. The number of rotatable bonds is 7. The molecule has 0 saturated heterocycles. The summed E-state index contributed by atoms with van der Waals surface area (Å²) in [4.78, 5) is 23.9. The fraction of sp³-hybridized carbons (Fsp3) is 0.333. The van der Waals surface area contributed by atoms with E-state index in [9.17, 15) is 14.7 Å². The summed E-state index contributed by atoms with van der Waals surface area (Å²) in [6, 6.07) is 14.2. The number of hydrogen-bond acceptors (Lipinski definition) is 6. The molecule has 0 fully saturated rings. The molecule has 2 aromatic rings. The number of methoxy groups -OCH3 is 1. The number of ether oxygens (including phenoxy) is 2. The number of carbonyl (C=O) groups is 2. The van der Waals surface area contributed by atoms with Crippen molar-refractivity contribution in [3.63, 3.8) is 0 Å². The first-order chi connectivity index (χ1) is 13.6. The average molecular weight is 384 g/mol. The molecule has 7 nitrogen and oxygen atoms in total. The Hall–Kier alpha value is -2.90. The van der Waals surface area contributed by atoms with Gasteiger partial charge in [0.15, 0.2) is 6.04 Å². The zero-order valence-electron chi connectivity index (χ0n) is 15.7. The minimum absolute atomic E-state index is 0.348. The normalized spacial score (nSPS) is 16.6. The van der Waals surface area contributed by atoms with Gasteiger partial charge in [-0.25, -0.2) is 4.79 Å². The van der Waals surface area contributed by atoms with Crippen LogP contribution >= 0.6 is 0 Å². The number of fused-ring (bicyclic) bond motifs is 1. The Balaban J connectivity index is 1.59. The number of aliphatic hydroxyl groups is 1. The molecule has 1 aliphatic heterocycles. The molecule has 0 radical (unpaired) electrons. The number of nitrogens with one attached hydrogen (secondary N) is 2. The highest BCUT2D eigenvalue weighted by molar-refractivity contribution is 5.88. The lowest BCUT2D eigenvalue weighted by Gasteiger charge is -2.27. The Kier molecular flexibility index (Phi) is 6.62. The van der Waals surface area contributed by atoms with E-state index in [2.05, 4.69) is 15.4 Å². The van der Waals surface area contributed by atoms with E-state index in [1.165, 1.54) is 7.11 Å². The van der Waals surface area contributed by atoms with Gasteiger partial charge in [0.2, 0.25) is 5.91 Å². The standard InChI is InChI=1S/C21H24N2O5/c1-27-21(26)19(12-24)23-20(25)18-10-15-7-8-17(9-16(15)11-22-18)28-13-14-5-3-2-4-6-14/h2-9,18-19,22,24H,10-13H2,1H3,(H,23,25)/t18-,19-/m0/s1. The molecule has 0 spiro atoms. The molecule has 2 atom stereocenters. The van der Waals surface area contributed by atoms with Crippen LogP contribution in [0.5, 0.6) is 5.75 Å². The molecule has 0 aliphatic carbocycles. The number of hydrogen-bond donors (Lipinski definition) is 3. The number of benzene rings is 2. The van der Waals surface area contributed by atoms with Crippen molar-refractivity contribution in [2.24, 2.45) is 0 Å². The van der Waals surface area contributed by atoms with Gasteiger partial charge in [-0.15, -0.1) is 0 Å². The molecule has 28 heavy (non-hydrogen) atoms. The highest BCUT2D eigenvalue weighted by Crippen LogP contribution is 2.23. The van der Waals surface area contributed by atoms with Crippen LogP contribution in [0.15, 0.2) is 48.5 Å². The summed E-state index contributed by atoms with van der Waals surface area (Å²) in [6.07, 6.45) is 0.486. The summed E-state index contributed by atoms with van der Waals surface area (Å²) in [7, 11) is 1.21. The van der Waals surface area contributed by atoms with E-state index in [4.69, 9.17) is 4.74 Å². The van der Waals surface area contributed by atoms with Gasteiger partial charge in [0.1, 0.15) is 12.4 Å². The van der Waals surface area contributed by atoms with E-state index in [1.54, 1.807) is 0 Å². The van der Waals surface area contributed by atoms with E-state index in [1.807, 2.05) is 48.5 Å². The number of carbonyl (C=O) groups excluding carboxylic acids is 2. The SMILES string of the molecule is COC(=O)[C@H](CO)NC(=O)[C@@H]1Cc2ccc(OCc3ccccc3)cc2CN1. The van der Waals surface area contributed by atoms with Gasteiger partial charge in [-0.1, -0.05) is 36.4 Å². The first-order valence-electron chi connectivity index (χ1n) is 9.11. The number of esters is 1. The Labute approximate surface area is 163 Å². The highest BCUT2D eigenvalue weighted by atomic mass is 16.5. The predicted molar refractivity (Wildman–Crippen MR) is 103 cm³/mol. The van der Waals surface area contributed by atoms with Gasteiger partial charge in [0.05, 0.1) is 19.8 Å². The molecule has 0 bridgehead atoms. The second-order valence-corrected chi connectivity index (χ2v) is 6.61. The van der Waals surface area contributed by atoms with Crippen LogP contribution in [-0.2, 0) is 33.9 Å². The van der Waals surface area contributed by atoms with Crippen molar-refractivity contribution in [3.05, 3.63) is 65.2 Å². The van der Waals surface area contributed by atoms with Gasteiger partial charge in [-0.2, -0.15) is 0 Å². The molecular formula is C21H24N2O5. The van der Waals surface area contributed by atoms with Gasteiger partial charge in [0, 0.05) is 6.54 Å². The van der Waals surface area contributed by atoms with Crippen molar-refractivity contribution in [2.45, 2.75) is 31.7 Å². The van der Waals surface area contributed by atoms with E-state index >= 15 is 0 Å². The summed E-state index contributed by atoms with van der Waals surface area (Å²) in [5.74, 6) is -0.245. The van der Waals surface area contributed by atoms with Crippen LogP contribution in [0.3, 0.4) is 0 Å². The maximum absolute atomic E-state index is 12.4. The van der Waals surface area contributed by atoms with Crippen molar-refractivity contribution in [3.8, 4) is 5.75 Å². The van der Waals surface area contributed by atoms with Crippen LogP contribution < -0.4 is 15.4 Å². The van der Waals surface area contributed by atoms with Crippen molar-refractivity contribution in [1.82, 2.24) is 10.6 Å². The Morgan fingerprint density at radius 3 is 2.71 bits per heavy atom. The third kappa shape index (κ3) is 4.88. The molecule has 0 saturated carbocycles. The first kappa shape index (κ1) is 19.9. The quantitative estimate of drug-likeness (QED) is 0.615. The molecule has 0 aromatic heterocycles. The van der Waals surface area contributed by atoms with Crippen LogP contribution in [-0.4, -0.2) is 42.8 Å². The topological polar surface area (TPSA) is 96.9 Å². The van der Waals surface area contributed by atoms with Gasteiger partial charge in [-0.05, 0) is 35.2 Å². The van der Waals surface area contributed by atoms with E-state index in [0.29, 0.717) is 19.6 Å². The molecule has 0 unspecified atom stereocenters. The molecule has 2 aromatic carbocycles. The minimum Gasteiger partial charge on any atom is -0.489 e. The van der Waals surface area contributed by atoms with Crippen molar-refractivity contribution >= 4 is 11.9 Å². The maximum Gasteiger partial charge on any atom is 0.330 e. The first-order valence-corrected chi connectivity index (χ1v) is 9.11. The Morgan fingerprint density at radius 2 is 2.00 bits per heavy atom. The molecule has 7 heteroatoms. The fourth-order valence-corrected chi connectivity index (χ4v) is 3.10. The fourth-order valence-electron chi connectivity index (χ4n) is 3.10. The van der Waals surface area contributed by atoms with Crippen LogP contribution in [0.1, 0.15) is 16.7 Å². The molecule has 1 heterocycles. The van der Waals surface area contributed by atoms with Crippen molar-refractivity contribution < 1.29 is 24.2 Å². The summed E-state index contributed by atoms with van der Waals surface area (Å²) >= 11 is 0. The lowest BCUT2D eigenvalue weighted by Crippen LogP contribution is -2.53. The van der Waals surface area contributed by atoms with Crippen LogP contribution in [0.25, 0.3) is 0 Å². The van der Waals surface area contributed by atoms with Crippen LogP contribution in [0, 0.1) is 0 Å². The maximum atomic E-state index is 12.4. The van der Waals surface area contributed by atoms with Crippen molar-refractivity contribution in [2.75, 3.05) is 13.7 Å². The molecule has 1 amide bonds. The van der Waals surface area contributed by atoms with E-state index in [0.717, 1.165) is 22.4 Å². The monoisotopic (exact) mass is 384 g/mol. The van der Waals surface area contributed by atoms with Gasteiger partial charge in [0.25, 0.3) is 0 Å². The lowest BCUT2D eigenvalue weighted by molar-refractivity contribution is -0.146.